The number of hydrogen-bond acceptors (Lipinski definition) is 10. The van der Waals surface area contributed by atoms with Crippen molar-refractivity contribution >= 4 is 68.6 Å². The number of ether oxygens (including phenoxy) is 2. The molecule has 13 nitrogen and oxygen atoms in total. The molecule has 1 N–H and O–H groups in total. The third-order valence-electron chi connectivity index (χ3n) is 6.09. The van der Waals surface area contributed by atoms with Crippen molar-refractivity contribution in [3.63, 3.8) is 0 Å². The summed E-state index contributed by atoms with van der Waals surface area (Å²) in [6.45, 7) is 10.5. The van der Waals surface area contributed by atoms with Crippen molar-refractivity contribution in [2.24, 2.45) is 7.05 Å². The number of carbonyl (C=O) groups is 3. The Morgan fingerprint density at radius 1 is 0.978 bits per heavy atom. The van der Waals surface area contributed by atoms with Gasteiger partial charge in [0.25, 0.3) is 5.91 Å². The van der Waals surface area contributed by atoms with E-state index >= 15 is 0 Å². The van der Waals surface area contributed by atoms with Crippen LogP contribution in [0.3, 0.4) is 0 Å². The Labute approximate surface area is 267 Å². The molecular formula is C30H31ClN8O5S. The number of carbonyl (C=O) groups excluding carboxylic acids is 3. The van der Waals surface area contributed by atoms with Gasteiger partial charge in [0.05, 0.1) is 22.4 Å². The summed E-state index contributed by atoms with van der Waals surface area (Å²) in [4.78, 5) is 44.9. The maximum Gasteiger partial charge on any atom is 0.435 e. The normalized spacial score (nSPS) is 11.8. The average molecular weight is 651 g/mol. The summed E-state index contributed by atoms with van der Waals surface area (Å²) in [6, 6.07) is 11.8. The number of anilines is 3. The maximum absolute atomic E-state index is 13.6. The highest BCUT2D eigenvalue weighted by atomic mass is 35.5. The fourth-order valence-corrected chi connectivity index (χ4v) is 5.21. The van der Waals surface area contributed by atoms with Crippen molar-refractivity contribution in [1.29, 1.82) is 0 Å². The Morgan fingerprint density at radius 3 is 2.38 bits per heavy atom. The fourth-order valence-electron chi connectivity index (χ4n) is 4.22. The number of amides is 2. The molecule has 0 aliphatic carbocycles. The highest BCUT2D eigenvalue weighted by Crippen LogP contribution is 2.39. The summed E-state index contributed by atoms with van der Waals surface area (Å²) in [6.07, 6.45) is 1.57. The van der Waals surface area contributed by atoms with Gasteiger partial charge in [0.1, 0.15) is 16.9 Å². The molecule has 0 aliphatic heterocycles. The molecule has 0 spiro atoms. The number of fused-ring (bicyclic) bond motifs is 1. The molecule has 0 atom stereocenters. The van der Waals surface area contributed by atoms with Gasteiger partial charge < -0.3 is 14.8 Å². The molecule has 0 bridgehead atoms. The van der Waals surface area contributed by atoms with Gasteiger partial charge in [-0.1, -0.05) is 23.7 Å². The van der Waals surface area contributed by atoms with Crippen LogP contribution in [0.25, 0.3) is 22.3 Å². The van der Waals surface area contributed by atoms with E-state index in [1.165, 1.54) is 15.8 Å². The van der Waals surface area contributed by atoms with Gasteiger partial charge in [-0.15, -0.1) is 0 Å². The number of hydrogen-bond donors (Lipinski definition) is 1. The van der Waals surface area contributed by atoms with Crippen LogP contribution < -0.4 is 10.2 Å². The van der Waals surface area contributed by atoms with Gasteiger partial charge >= 0.3 is 12.2 Å². The number of nitrogens with one attached hydrogen (secondary N) is 1. The second-order valence-electron chi connectivity index (χ2n) is 12.0. The zero-order valence-corrected chi connectivity index (χ0v) is 27.2. The number of benzene rings is 2. The van der Waals surface area contributed by atoms with Gasteiger partial charge in [0.15, 0.2) is 5.82 Å². The van der Waals surface area contributed by atoms with Crippen LogP contribution >= 0.6 is 23.1 Å². The van der Waals surface area contributed by atoms with E-state index in [-0.39, 0.29) is 21.7 Å². The van der Waals surface area contributed by atoms with Crippen molar-refractivity contribution in [2.45, 2.75) is 52.7 Å². The Kier molecular flexibility index (Phi) is 8.38. The monoisotopic (exact) mass is 650 g/mol. The number of aromatic nitrogens is 6. The largest absolute Gasteiger partial charge is 0.443 e. The average Bonchev–Trinajstić information content (AvgIpc) is 3.68. The van der Waals surface area contributed by atoms with Gasteiger partial charge in [-0.25, -0.2) is 14.5 Å². The lowest BCUT2D eigenvalue weighted by Gasteiger charge is -2.26. The van der Waals surface area contributed by atoms with Crippen LogP contribution in [0.2, 0.25) is 5.02 Å². The minimum Gasteiger partial charge on any atom is -0.443 e. The van der Waals surface area contributed by atoms with Gasteiger partial charge in [-0.05, 0) is 71.9 Å². The highest BCUT2D eigenvalue weighted by molar-refractivity contribution is 7.10. The van der Waals surface area contributed by atoms with Crippen LogP contribution in [0.4, 0.5) is 26.1 Å². The van der Waals surface area contributed by atoms with E-state index in [0.717, 1.165) is 16.2 Å². The van der Waals surface area contributed by atoms with Crippen LogP contribution in [0, 0.1) is 0 Å². The number of rotatable bonds is 5. The molecule has 2 amide bonds. The van der Waals surface area contributed by atoms with E-state index < -0.39 is 23.4 Å². The molecule has 5 aromatic rings. The smallest absolute Gasteiger partial charge is 0.435 e. The fraction of sp³-hybridized carbons (Fsp3) is 0.300. The Hall–Kier alpha value is -4.82. The quantitative estimate of drug-likeness (QED) is 0.211. The minimum atomic E-state index is -0.832. The minimum absolute atomic E-state index is 0.143. The van der Waals surface area contributed by atoms with Gasteiger partial charge in [-0.2, -0.15) is 24.2 Å². The number of aryl methyl sites for hydroxylation is 1. The lowest BCUT2D eigenvalue weighted by Crippen LogP contribution is -2.34. The van der Waals surface area contributed by atoms with Crippen LogP contribution in [0.5, 0.6) is 0 Å². The zero-order chi connectivity index (χ0) is 32.7. The molecule has 5 rings (SSSR count). The van der Waals surface area contributed by atoms with E-state index in [4.69, 9.17) is 21.1 Å². The van der Waals surface area contributed by atoms with Crippen LogP contribution in [-0.4, -0.2) is 58.2 Å². The summed E-state index contributed by atoms with van der Waals surface area (Å²) in [5, 5.41) is 11.8. The molecule has 3 aromatic heterocycles. The maximum atomic E-state index is 13.6. The number of halogens is 1. The molecule has 15 heteroatoms. The molecule has 0 saturated carbocycles. The lowest BCUT2D eigenvalue weighted by atomic mass is 10.2. The van der Waals surface area contributed by atoms with Gasteiger partial charge in [0, 0.05) is 41.4 Å². The van der Waals surface area contributed by atoms with Crippen molar-refractivity contribution in [1.82, 2.24) is 28.9 Å². The first-order valence-electron chi connectivity index (χ1n) is 13.8. The molecule has 3 heterocycles. The van der Waals surface area contributed by atoms with E-state index in [0.29, 0.717) is 33.7 Å². The third-order valence-corrected chi connectivity index (χ3v) is 7.19. The molecule has 234 valence electrons. The molecule has 0 radical (unpaired) electrons. The lowest BCUT2D eigenvalue weighted by molar-refractivity contribution is 0.0521. The summed E-state index contributed by atoms with van der Waals surface area (Å²) in [7, 11) is 1.68. The van der Waals surface area contributed by atoms with E-state index in [9.17, 15) is 14.4 Å². The Balaban J connectivity index is 1.50. The standard InChI is InChI=1S/C30H31ClN8O5S/c1-29(2,3)43-27(41)38(21-12-11-20-19(23(21)31)16-33-39(20)28(42)44-30(4,5)6)26-35-24(36-45-26)17-9-8-10-18(15-17)34-25(40)22-13-14-32-37(22)7/h8-16H,1-7H3,(H,34,40). The van der Waals surface area contributed by atoms with Crippen molar-refractivity contribution in [2.75, 3.05) is 10.2 Å². The summed E-state index contributed by atoms with van der Waals surface area (Å²) in [5.41, 5.74) is 0.604. The van der Waals surface area contributed by atoms with E-state index in [2.05, 4.69) is 24.9 Å². The first-order chi connectivity index (χ1) is 21.1. The summed E-state index contributed by atoms with van der Waals surface area (Å²) >= 11 is 7.82. The molecular weight excluding hydrogens is 620 g/mol. The molecule has 0 unspecified atom stereocenters. The van der Waals surface area contributed by atoms with E-state index in [1.807, 2.05) is 0 Å². The Morgan fingerprint density at radius 2 is 1.71 bits per heavy atom. The summed E-state index contributed by atoms with van der Waals surface area (Å²) < 4.78 is 18.2. The van der Waals surface area contributed by atoms with Gasteiger partial charge in [-0.3, -0.25) is 9.48 Å². The second kappa shape index (κ2) is 11.9. The summed E-state index contributed by atoms with van der Waals surface area (Å²) in [5.74, 6) is -0.00895. The van der Waals surface area contributed by atoms with Crippen LogP contribution in [0.15, 0.2) is 54.9 Å². The van der Waals surface area contributed by atoms with Crippen LogP contribution in [0.1, 0.15) is 52.0 Å². The topological polar surface area (TPSA) is 146 Å². The SMILES string of the molecule is Cn1nccc1C(=O)Nc1cccc(-c2nsc(N(C(=O)OC(C)(C)C)c3ccc4c(cnn4C(=O)OC(C)(C)C)c3Cl)n2)c1. The second-order valence-corrected chi connectivity index (χ2v) is 13.1. The first kappa shape index (κ1) is 31.6. The predicted molar refractivity (Wildman–Crippen MR) is 171 cm³/mol. The van der Waals surface area contributed by atoms with Crippen molar-refractivity contribution in [3.8, 4) is 11.4 Å². The predicted octanol–water partition coefficient (Wildman–Crippen LogP) is 7.05. The first-order valence-corrected chi connectivity index (χ1v) is 14.9. The molecule has 0 saturated heterocycles. The van der Waals surface area contributed by atoms with E-state index in [1.54, 1.807) is 97.3 Å². The number of nitrogens with zero attached hydrogens (tertiary/aromatic N) is 7. The molecule has 2 aromatic carbocycles. The molecule has 45 heavy (non-hydrogen) atoms. The Bertz CT molecular complexity index is 1920. The van der Waals surface area contributed by atoms with Crippen LogP contribution in [-0.2, 0) is 16.5 Å². The molecule has 0 aliphatic rings. The van der Waals surface area contributed by atoms with Gasteiger partial charge in [0.2, 0.25) is 5.13 Å². The third kappa shape index (κ3) is 6.97. The zero-order valence-electron chi connectivity index (χ0n) is 25.7. The highest BCUT2D eigenvalue weighted by Gasteiger charge is 2.31. The van der Waals surface area contributed by atoms with Crippen molar-refractivity contribution < 1.29 is 23.9 Å². The van der Waals surface area contributed by atoms with Crippen molar-refractivity contribution in [3.05, 3.63) is 65.6 Å². The molecule has 0 fully saturated rings.